The molecule has 0 aromatic heterocycles. The zero-order valence-corrected chi connectivity index (χ0v) is 17.1. The van der Waals surface area contributed by atoms with Gasteiger partial charge in [0, 0.05) is 5.69 Å². The summed E-state index contributed by atoms with van der Waals surface area (Å²) in [7, 11) is -3.92. The molecule has 8 heteroatoms. The second-order valence-corrected chi connectivity index (χ2v) is 7.94. The Labute approximate surface area is 175 Å². The molecule has 0 unspecified atom stereocenters. The van der Waals surface area contributed by atoms with E-state index in [-0.39, 0.29) is 0 Å². The van der Waals surface area contributed by atoms with Crippen molar-refractivity contribution < 1.29 is 27.8 Å². The lowest BCUT2D eigenvalue weighted by atomic mass is 10.3. The van der Waals surface area contributed by atoms with Crippen molar-refractivity contribution in [3.8, 4) is 23.0 Å². The van der Waals surface area contributed by atoms with E-state index in [0.717, 1.165) is 0 Å². The molecule has 0 bridgehead atoms. The van der Waals surface area contributed by atoms with Crippen LogP contribution in [0.1, 0.15) is 0 Å². The van der Waals surface area contributed by atoms with Crippen LogP contribution in [0.3, 0.4) is 0 Å². The maximum atomic E-state index is 13.8. The van der Waals surface area contributed by atoms with Crippen LogP contribution in [0.2, 0.25) is 0 Å². The number of benzene rings is 3. The van der Waals surface area contributed by atoms with Gasteiger partial charge in [-0.05, 0) is 36.4 Å². The van der Waals surface area contributed by atoms with Gasteiger partial charge in [-0.15, -0.1) is 0 Å². The van der Waals surface area contributed by atoms with Crippen molar-refractivity contribution in [3.63, 3.8) is 0 Å². The molecule has 1 N–H and O–H groups in total. The van der Waals surface area contributed by atoms with Crippen LogP contribution >= 0.6 is 7.75 Å². The molecule has 0 atom stereocenters. The van der Waals surface area contributed by atoms with E-state index >= 15 is 0 Å². The predicted octanol–water partition coefficient (Wildman–Crippen LogP) is 5.15. The smallest absolute Gasteiger partial charge is 0.487 e. The van der Waals surface area contributed by atoms with Crippen molar-refractivity contribution in [1.82, 2.24) is 0 Å². The Bertz CT molecular complexity index is 956. The Morgan fingerprint density at radius 1 is 0.600 bits per heavy atom. The third-order valence-electron chi connectivity index (χ3n) is 4.15. The van der Waals surface area contributed by atoms with Gasteiger partial charge in [-0.2, -0.15) is 0 Å². The Kier molecular flexibility index (Phi) is 6.42. The van der Waals surface area contributed by atoms with Gasteiger partial charge in [0.15, 0.2) is 23.0 Å². The van der Waals surface area contributed by atoms with Crippen LogP contribution in [-0.4, -0.2) is 26.4 Å². The summed E-state index contributed by atoms with van der Waals surface area (Å²) in [6, 6.07) is 23.1. The Balaban J connectivity index is 1.72. The molecule has 1 aliphatic rings. The second-order valence-electron chi connectivity index (χ2n) is 6.36. The van der Waals surface area contributed by atoms with E-state index in [9.17, 15) is 4.57 Å². The third-order valence-corrected chi connectivity index (χ3v) is 5.55. The molecule has 0 fully saturated rings. The molecular formula is C22H22NO6P. The van der Waals surface area contributed by atoms with E-state index in [4.69, 9.17) is 23.3 Å². The molecule has 0 aliphatic carbocycles. The number of fused-ring (bicyclic) bond motifs is 2. The van der Waals surface area contributed by atoms with Gasteiger partial charge in [0.1, 0.15) is 13.2 Å². The monoisotopic (exact) mass is 427 g/mol. The highest BCUT2D eigenvalue weighted by atomic mass is 31.2. The summed E-state index contributed by atoms with van der Waals surface area (Å²) in [6.45, 7) is 1.40. The van der Waals surface area contributed by atoms with Gasteiger partial charge in [-0.1, -0.05) is 42.5 Å². The van der Waals surface area contributed by atoms with Crippen LogP contribution < -0.4 is 23.6 Å². The van der Waals surface area contributed by atoms with Gasteiger partial charge >= 0.3 is 7.75 Å². The van der Waals surface area contributed by atoms with Gasteiger partial charge < -0.3 is 23.3 Å². The SMILES string of the molecule is O=P1(Nc2ccccc2)Oc2ccccc2OCCOCCOc2ccccc2O1. The first-order valence-corrected chi connectivity index (χ1v) is 11.1. The summed E-state index contributed by atoms with van der Waals surface area (Å²) in [5, 5.41) is 2.89. The van der Waals surface area contributed by atoms with E-state index in [1.165, 1.54) is 0 Å². The van der Waals surface area contributed by atoms with Crippen LogP contribution in [0.4, 0.5) is 5.69 Å². The summed E-state index contributed by atoms with van der Waals surface area (Å²) < 4.78 is 42.6. The third kappa shape index (κ3) is 5.26. The van der Waals surface area contributed by atoms with Gasteiger partial charge in [0.05, 0.1) is 13.2 Å². The second kappa shape index (κ2) is 9.57. The molecule has 3 aromatic carbocycles. The van der Waals surface area contributed by atoms with Crippen molar-refractivity contribution in [1.29, 1.82) is 0 Å². The van der Waals surface area contributed by atoms with Gasteiger partial charge in [0.25, 0.3) is 0 Å². The normalized spacial score (nSPS) is 16.1. The summed E-state index contributed by atoms with van der Waals surface area (Å²) in [4.78, 5) is 0. The fourth-order valence-corrected chi connectivity index (χ4v) is 4.22. The van der Waals surface area contributed by atoms with Crippen LogP contribution in [0, 0.1) is 0 Å². The standard InChI is InChI=1S/C22H22NO6P/c24-30(23-18-8-2-1-3-9-18)28-21-12-6-4-10-19(21)26-16-14-25-15-17-27-20-11-5-7-13-22(20)29-30/h1-13H,14-17H2,(H,23,24). The zero-order valence-electron chi connectivity index (χ0n) is 16.2. The first-order chi connectivity index (χ1) is 14.7. The molecule has 156 valence electrons. The van der Waals surface area contributed by atoms with Gasteiger partial charge in [-0.25, -0.2) is 4.57 Å². The molecule has 4 rings (SSSR count). The lowest BCUT2D eigenvalue weighted by Crippen LogP contribution is -2.15. The number of nitrogens with one attached hydrogen (secondary N) is 1. The molecule has 0 saturated carbocycles. The van der Waals surface area contributed by atoms with E-state index in [2.05, 4.69) is 5.09 Å². The summed E-state index contributed by atoms with van der Waals surface area (Å²) in [6.07, 6.45) is 0. The maximum Gasteiger partial charge on any atom is 0.541 e. The van der Waals surface area contributed by atoms with Crippen LogP contribution in [0.25, 0.3) is 0 Å². The van der Waals surface area contributed by atoms with Crippen LogP contribution in [-0.2, 0) is 9.30 Å². The Hall–Kier alpha value is -3.15. The number of anilines is 1. The fraction of sp³-hybridized carbons (Fsp3) is 0.182. The highest BCUT2D eigenvalue weighted by Crippen LogP contribution is 2.51. The van der Waals surface area contributed by atoms with Crippen LogP contribution in [0.5, 0.6) is 23.0 Å². The molecule has 30 heavy (non-hydrogen) atoms. The molecule has 0 amide bonds. The van der Waals surface area contributed by atoms with Crippen molar-refractivity contribution >= 4 is 13.4 Å². The van der Waals surface area contributed by atoms with Crippen molar-refractivity contribution in [2.45, 2.75) is 0 Å². The van der Waals surface area contributed by atoms with Crippen molar-refractivity contribution in [3.05, 3.63) is 78.9 Å². The summed E-state index contributed by atoms with van der Waals surface area (Å²) in [5.74, 6) is 1.47. The first kappa shape index (κ1) is 20.1. The minimum absolute atomic E-state index is 0.291. The molecule has 1 aliphatic heterocycles. The zero-order chi connectivity index (χ0) is 20.7. The van der Waals surface area contributed by atoms with Gasteiger partial charge in [0.2, 0.25) is 0 Å². The number of rotatable bonds is 2. The molecule has 0 spiro atoms. The number of hydrogen-bond donors (Lipinski definition) is 1. The van der Waals surface area contributed by atoms with Crippen molar-refractivity contribution in [2.24, 2.45) is 0 Å². The number of hydrogen-bond acceptors (Lipinski definition) is 6. The first-order valence-electron chi connectivity index (χ1n) is 9.56. The summed E-state index contributed by atoms with van der Waals surface area (Å²) in [5.41, 5.74) is 0.590. The molecule has 7 nitrogen and oxygen atoms in total. The molecule has 3 aromatic rings. The maximum absolute atomic E-state index is 13.8. The minimum Gasteiger partial charge on any atom is -0.487 e. The van der Waals surface area contributed by atoms with E-state index in [1.54, 1.807) is 48.5 Å². The highest BCUT2D eigenvalue weighted by molar-refractivity contribution is 7.56. The number of ether oxygens (including phenoxy) is 3. The predicted molar refractivity (Wildman–Crippen MR) is 114 cm³/mol. The molecule has 0 radical (unpaired) electrons. The van der Waals surface area contributed by atoms with E-state index in [0.29, 0.717) is 55.1 Å². The lowest BCUT2D eigenvalue weighted by Gasteiger charge is -2.23. The topological polar surface area (TPSA) is 75.3 Å². The van der Waals surface area contributed by atoms with E-state index in [1.807, 2.05) is 30.3 Å². The molecule has 1 heterocycles. The Morgan fingerprint density at radius 2 is 1.07 bits per heavy atom. The fourth-order valence-electron chi connectivity index (χ4n) is 2.81. The lowest BCUT2D eigenvalue weighted by molar-refractivity contribution is 0.0751. The minimum atomic E-state index is -3.92. The summed E-state index contributed by atoms with van der Waals surface area (Å²) >= 11 is 0. The molecule has 0 saturated heterocycles. The average molecular weight is 427 g/mol. The van der Waals surface area contributed by atoms with Crippen molar-refractivity contribution in [2.75, 3.05) is 31.5 Å². The highest BCUT2D eigenvalue weighted by Gasteiger charge is 2.31. The molecular weight excluding hydrogens is 405 g/mol. The number of para-hydroxylation sites is 5. The average Bonchev–Trinajstić information content (AvgIpc) is 2.75. The largest absolute Gasteiger partial charge is 0.541 e. The van der Waals surface area contributed by atoms with Gasteiger partial charge in [-0.3, -0.25) is 5.09 Å². The Morgan fingerprint density at radius 3 is 1.60 bits per heavy atom. The quantitative estimate of drug-likeness (QED) is 0.567. The van der Waals surface area contributed by atoms with Crippen LogP contribution in [0.15, 0.2) is 78.9 Å². The van der Waals surface area contributed by atoms with E-state index < -0.39 is 7.75 Å².